The number of ether oxygens (including phenoxy) is 1. The highest BCUT2D eigenvalue weighted by Gasteiger charge is 2.21. The second-order valence-electron chi connectivity index (χ2n) is 6.04. The summed E-state index contributed by atoms with van der Waals surface area (Å²) in [5.74, 6) is -0.889. The number of aromatic nitrogens is 1. The second-order valence-corrected chi connectivity index (χ2v) is 7.04. The number of carbonyl (C=O) groups excluding carboxylic acids is 1. The number of hydrogen-bond donors (Lipinski definition) is 2. The molecular weight excluding hydrogens is 352 g/mol. The number of amides is 1. The fraction of sp³-hybridized carbons (Fsp3) is 0.211. The zero-order valence-electron chi connectivity index (χ0n) is 14.4. The predicted octanol–water partition coefficient (Wildman–Crippen LogP) is 4.87. The topological polar surface area (TPSA) is 88.5 Å². The molecule has 0 fully saturated rings. The number of benzene rings is 1. The van der Waals surface area contributed by atoms with Crippen molar-refractivity contribution in [2.75, 3.05) is 5.32 Å². The van der Waals surface area contributed by atoms with E-state index in [0.29, 0.717) is 10.2 Å². The molecule has 1 amide bonds. The standard InChI is InChI=1S/C19H18N2O4S/c1-11(2)14-9-8-13-15(16(18(22)23)26-17(13)20-14)21-19(24)25-10-12-6-4-3-5-7-12/h3-9,11H,10H2,1-2H3,(H,21,24)(H,22,23). The molecule has 0 aliphatic rings. The van der Waals surface area contributed by atoms with Gasteiger partial charge in [-0.05, 0) is 23.6 Å². The summed E-state index contributed by atoms with van der Waals surface area (Å²) in [6.45, 7) is 4.13. The fourth-order valence-corrected chi connectivity index (χ4v) is 3.43. The summed E-state index contributed by atoms with van der Waals surface area (Å²) in [6.07, 6.45) is -0.705. The minimum Gasteiger partial charge on any atom is -0.477 e. The van der Waals surface area contributed by atoms with E-state index in [9.17, 15) is 14.7 Å². The first-order valence-electron chi connectivity index (χ1n) is 8.10. The van der Waals surface area contributed by atoms with Crippen molar-refractivity contribution in [1.82, 2.24) is 4.98 Å². The molecule has 0 saturated carbocycles. The Labute approximate surface area is 154 Å². The van der Waals surface area contributed by atoms with E-state index in [2.05, 4.69) is 10.3 Å². The Bertz CT molecular complexity index is 951. The van der Waals surface area contributed by atoms with Gasteiger partial charge in [0, 0.05) is 11.1 Å². The van der Waals surface area contributed by atoms with E-state index in [1.807, 2.05) is 50.2 Å². The second kappa shape index (κ2) is 7.53. The van der Waals surface area contributed by atoms with Crippen molar-refractivity contribution in [3.63, 3.8) is 0 Å². The maximum absolute atomic E-state index is 12.1. The summed E-state index contributed by atoms with van der Waals surface area (Å²) in [4.78, 5) is 28.8. The lowest BCUT2D eigenvalue weighted by atomic mass is 10.1. The molecule has 6 nitrogen and oxygen atoms in total. The predicted molar refractivity (Wildman–Crippen MR) is 101 cm³/mol. The quantitative estimate of drug-likeness (QED) is 0.669. The van der Waals surface area contributed by atoms with Crippen molar-refractivity contribution < 1.29 is 19.4 Å². The number of carbonyl (C=O) groups is 2. The number of anilines is 1. The third kappa shape index (κ3) is 3.83. The zero-order valence-corrected chi connectivity index (χ0v) is 15.2. The van der Waals surface area contributed by atoms with Crippen molar-refractivity contribution in [2.24, 2.45) is 0 Å². The molecule has 0 radical (unpaired) electrons. The molecule has 1 aromatic carbocycles. The van der Waals surface area contributed by atoms with Crippen molar-refractivity contribution in [1.29, 1.82) is 0 Å². The van der Waals surface area contributed by atoms with Gasteiger partial charge in [0.15, 0.2) is 0 Å². The number of pyridine rings is 1. The Morgan fingerprint density at radius 2 is 1.92 bits per heavy atom. The smallest absolute Gasteiger partial charge is 0.412 e. The fourth-order valence-electron chi connectivity index (χ4n) is 2.45. The normalized spacial score (nSPS) is 10.9. The lowest BCUT2D eigenvalue weighted by Crippen LogP contribution is -2.15. The molecule has 0 spiro atoms. The maximum atomic E-state index is 12.1. The van der Waals surface area contributed by atoms with Crippen LogP contribution in [-0.4, -0.2) is 22.2 Å². The summed E-state index contributed by atoms with van der Waals surface area (Å²) < 4.78 is 5.19. The van der Waals surface area contributed by atoms with Gasteiger partial charge in [0.25, 0.3) is 0 Å². The average Bonchev–Trinajstić information content (AvgIpc) is 2.99. The van der Waals surface area contributed by atoms with Gasteiger partial charge in [-0.15, -0.1) is 11.3 Å². The SMILES string of the molecule is CC(C)c1ccc2c(NC(=O)OCc3ccccc3)c(C(=O)O)sc2n1. The number of nitrogens with zero attached hydrogens (tertiary/aromatic N) is 1. The van der Waals surface area contributed by atoms with Gasteiger partial charge in [-0.1, -0.05) is 44.2 Å². The Morgan fingerprint density at radius 3 is 2.58 bits per heavy atom. The Balaban J connectivity index is 1.84. The summed E-state index contributed by atoms with van der Waals surface area (Å²) in [5, 5.41) is 12.6. The lowest BCUT2D eigenvalue weighted by molar-refractivity contribution is 0.0703. The van der Waals surface area contributed by atoms with Crippen LogP contribution in [-0.2, 0) is 11.3 Å². The molecule has 134 valence electrons. The molecule has 0 saturated heterocycles. The van der Waals surface area contributed by atoms with Crippen LogP contribution >= 0.6 is 11.3 Å². The van der Waals surface area contributed by atoms with E-state index in [0.717, 1.165) is 22.6 Å². The number of nitrogens with one attached hydrogen (secondary N) is 1. The number of hydrogen-bond acceptors (Lipinski definition) is 5. The molecule has 26 heavy (non-hydrogen) atoms. The van der Waals surface area contributed by atoms with Crippen molar-refractivity contribution in [3.8, 4) is 0 Å². The molecule has 2 N–H and O–H groups in total. The molecule has 2 aromatic heterocycles. The lowest BCUT2D eigenvalue weighted by Gasteiger charge is -2.08. The summed E-state index contributed by atoms with van der Waals surface area (Å²) >= 11 is 1.04. The van der Waals surface area contributed by atoms with Gasteiger partial charge >= 0.3 is 12.1 Å². The van der Waals surface area contributed by atoms with Crippen LogP contribution in [0.15, 0.2) is 42.5 Å². The van der Waals surface area contributed by atoms with Gasteiger partial charge in [0.1, 0.15) is 16.3 Å². The molecule has 7 heteroatoms. The number of thiophene rings is 1. The summed E-state index contributed by atoms with van der Waals surface area (Å²) in [7, 11) is 0. The largest absolute Gasteiger partial charge is 0.477 e. The van der Waals surface area contributed by atoms with E-state index < -0.39 is 12.1 Å². The van der Waals surface area contributed by atoms with Crippen LogP contribution < -0.4 is 5.32 Å². The highest BCUT2D eigenvalue weighted by Crippen LogP contribution is 2.35. The van der Waals surface area contributed by atoms with Gasteiger partial charge in [-0.2, -0.15) is 0 Å². The first-order valence-corrected chi connectivity index (χ1v) is 8.91. The van der Waals surface area contributed by atoms with E-state index in [1.54, 1.807) is 6.07 Å². The van der Waals surface area contributed by atoms with Crippen LogP contribution in [0.3, 0.4) is 0 Å². The Hall–Kier alpha value is -2.93. The Morgan fingerprint density at radius 1 is 1.19 bits per heavy atom. The zero-order chi connectivity index (χ0) is 18.7. The van der Waals surface area contributed by atoms with Crippen LogP contribution in [0.5, 0.6) is 0 Å². The molecule has 0 aliphatic heterocycles. The van der Waals surface area contributed by atoms with E-state index >= 15 is 0 Å². The van der Waals surface area contributed by atoms with Crippen molar-refractivity contribution in [3.05, 3.63) is 58.6 Å². The minimum atomic E-state index is -1.11. The highest BCUT2D eigenvalue weighted by molar-refractivity contribution is 7.21. The summed E-state index contributed by atoms with van der Waals surface area (Å²) in [5.41, 5.74) is 1.94. The Kier molecular flexibility index (Phi) is 5.18. The monoisotopic (exact) mass is 370 g/mol. The van der Waals surface area contributed by atoms with Gasteiger partial charge in [-0.25, -0.2) is 14.6 Å². The number of fused-ring (bicyclic) bond motifs is 1. The van der Waals surface area contributed by atoms with Gasteiger partial charge < -0.3 is 9.84 Å². The van der Waals surface area contributed by atoms with Gasteiger partial charge in [0.2, 0.25) is 0 Å². The number of rotatable bonds is 5. The minimum absolute atomic E-state index is 0.0325. The van der Waals surface area contributed by atoms with Crippen LogP contribution in [0.2, 0.25) is 0 Å². The molecule has 2 heterocycles. The molecule has 0 bridgehead atoms. The summed E-state index contributed by atoms with van der Waals surface area (Å²) in [6, 6.07) is 12.9. The third-order valence-corrected chi connectivity index (χ3v) is 4.89. The van der Waals surface area contributed by atoms with Crippen LogP contribution in [0.4, 0.5) is 10.5 Å². The van der Waals surface area contributed by atoms with Crippen LogP contribution in [0.25, 0.3) is 10.2 Å². The molecule has 3 rings (SSSR count). The highest BCUT2D eigenvalue weighted by atomic mass is 32.1. The van der Waals surface area contributed by atoms with E-state index in [1.165, 1.54) is 0 Å². The molecule has 0 unspecified atom stereocenters. The molecule has 0 aliphatic carbocycles. The first-order chi connectivity index (χ1) is 12.5. The first kappa shape index (κ1) is 17.9. The van der Waals surface area contributed by atoms with Gasteiger partial charge in [-0.3, -0.25) is 5.32 Å². The number of aromatic carboxylic acids is 1. The van der Waals surface area contributed by atoms with Crippen molar-refractivity contribution >= 4 is 39.3 Å². The van der Waals surface area contributed by atoms with Crippen molar-refractivity contribution in [2.45, 2.75) is 26.4 Å². The third-order valence-electron chi connectivity index (χ3n) is 3.80. The number of carboxylic acids is 1. The van der Waals surface area contributed by atoms with Crippen LogP contribution in [0, 0.1) is 0 Å². The average molecular weight is 370 g/mol. The molecule has 0 atom stereocenters. The van der Waals surface area contributed by atoms with E-state index in [-0.39, 0.29) is 23.1 Å². The molecular formula is C19H18N2O4S. The van der Waals surface area contributed by atoms with Crippen LogP contribution in [0.1, 0.15) is 40.7 Å². The maximum Gasteiger partial charge on any atom is 0.412 e. The van der Waals surface area contributed by atoms with Gasteiger partial charge in [0.05, 0.1) is 5.69 Å². The van der Waals surface area contributed by atoms with E-state index in [4.69, 9.17) is 4.74 Å². The molecule has 3 aromatic rings. The number of carboxylic acid groups (broad SMARTS) is 1.